The van der Waals surface area contributed by atoms with Crippen molar-refractivity contribution in [3.8, 4) is 11.5 Å². The molecule has 1 amide bonds. The molecule has 1 aliphatic rings. The van der Waals surface area contributed by atoms with Crippen LogP contribution in [0, 0.1) is 6.92 Å². The van der Waals surface area contributed by atoms with Gasteiger partial charge < -0.3 is 19.7 Å². The lowest BCUT2D eigenvalue weighted by Gasteiger charge is -2.17. The number of carbonyl (C=O) groups excluding carboxylic acids is 1. The quantitative estimate of drug-likeness (QED) is 0.807. The number of nitrogens with zero attached hydrogens (tertiary/aromatic N) is 1. The third-order valence-electron chi connectivity index (χ3n) is 4.96. The first-order chi connectivity index (χ1) is 13.0. The summed E-state index contributed by atoms with van der Waals surface area (Å²) in [5.41, 5.74) is 3.55. The molecule has 5 heteroatoms. The van der Waals surface area contributed by atoms with Gasteiger partial charge in [-0.15, -0.1) is 0 Å². The largest absolute Gasteiger partial charge is 0.493 e. The van der Waals surface area contributed by atoms with Crippen LogP contribution >= 0.6 is 0 Å². The van der Waals surface area contributed by atoms with Crippen LogP contribution in [0.15, 0.2) is 36.4 Å². The number of hydrogen-bond donors (Lipinski definition) is 1. The number of aryl methyl sites for hydroxylation is 1. The maximum absolute atomic E-state index is 12.7. The van der Waals surface area contributed by atoms with Crippen LogP contribution in [0.3, 0.4) is 0 Å². The second kappa shape index (κ2) is 8.33. The lowest BCUT2D eigenvalue weighted by Crippen LogP contribution is -2.15. The third-order valence-corrected chi connectivity index (χ3v) is 4.96. The second-order valence-corrected chi connectivity index (χ2v) is 7.24. The Morgan fingerprint density at radius 2 is 1.81 bits per heavy atom. The molecule has 0 saturated heterocycles. The van der Waals surface area contributed by atoms with Gasteiger partial charge in [0, 0.05) is 31.0 Å². The predicted octanol–water partition coefficient (Wildman–Crippen LogP) is 4.64. The van der Waals surface area contributed by atoms with E-state index < -0.39 is 0 Å². The molecular formula is C22H28N2O3. The fourth-order valence-corrected chi connectivity index (χ4v) is 3.53. The van der Waals surface area contributed by atoms with Gasteiger partial charge in [-0.25, -0.2) is 0 Å². The zero-order valence-electron chi connectivity index (χ0n) is 16.5. The van der Waals surface area contributed by atoms with E-state index in [1.165, 1.54) is 12.8 Å². The van der Waals surface area contributed by atoms with Gasteiger partial charge >= 0.3 is 0 Å². The summed E-state index contributed by atoms with van der Waals surface area (Å²) in [5, 5.41) is 2.96. The average molecular weight is 368 g/mol. The minimum absolute atomic E-state index is 0.169. The molecule has 0 bridgehead atoms. The number of methoxy groups -OCH3 is 1. The highest BCUT2D eigenvalue weighted by atomic mass is 16.5. The number of carbonyl (C=O) groups is 1. The zero-order valence-corrected chi connectivity index (χ0v) is 16.5. The minimum atomic E-state index is -0.169. The van der Waals surface area contributed by atoms with E-state index in [2.05, 4.69) is 10.2 Å². The lowest BCUT2D eigenvalue weighted by molar-refractivity contribution is 0.102. The van der Waals surface area contributed by atoms with E-state index in [-0.39, 0.29) is 12.0 Å². The molecule has 1 fully saturated rings. The first-order valence-corrected chi connectivity index (χ1v) is 9.42. The number of benzene rings is 2. The topological polar surface area (TPSA) is 50.8 Å². The Labute approximate surface area is 161 Å². The molecule has 27 heavy (non-hydrogen) atoms. The van der Waals surface area contributed by atoms with Crippen molar-refractivity contribution >= 4 is 17.3 Å². The zero-order chi connectivity index (χ0) is 19.4. The fourth-order valence-electron chi connectivity index (χ4n) is 3.53. The summed E-state index contributed by atoms with van der Waals surface area (Å²) in [4.78, 5) is 14.7. The molecule has 0 spiro atoms. The monoisotopic (exact) mass is 368 g/mol. The molecule has 0 aromatic heterocycles. The molecule has 0 unspecified atom stereocenters. The van der Waals surface area contributed by atoms with Gasteiger partial charge in [0.25, 0.3) is 5.91 Å². The molecule has 1 saturated carbocycles. The van der Waals surface area contributed by atoms with Crippen LogP contribution < -0.4 is 19.7 Å². The predicted molar refractivity (Wildman–Crippen MR) is 109 cm³/mol. The lowest BCUT2D eigenvalue weighted by atomic mass is 10.1. The van der Waals surface area contributed by atoms with Gasteiger partial charge in [-0.3, -0.25) is 4.79 Å². The van der Waals surface area contributed by atoms with E-state index in [0.717, 1.165) is 29.8 Å². The molecule has 1 aliphatic carbocycles. The van der Waals surface area contributed by atoms with Crippen molar-refractivity contribution in [2.45, 2.75) is 38.7 Å². The van der Waals surface area contributed by atoms with Crippen molar-refractivity contribution in [3.63, 3.8) is 0 Å². The van der Waals surface area contributed by atoms with Gasteiger partial charge in [0.2, 0.25) is 0 Å². The highest BCUT2D eigenvalue weighted by molar-refractivity contribution is 6.04. The van der Waals surface area contributed by atoms with E-state index >= 15 is 0 Å². The number of ether oxygens (including phenoxy) is 2. The summed E-state index contributed by atoms with van der Waals surface area (Å²) in [5.74, 6) is 1.12. The summed E-state index contributed by atoms with van der Waals surface area (Å²) in [6.45, 7) is 2.03. The first-order valence-electron chi connectivity index (χ1n) is 9.42. The number of nitrogens with one attached hydrogen (secondary N) is 1. The molecule has 3 rings (SSSR count). The summed E-state index contributed by atoms with van der Waals surface area (Å²) < 4.78 is 11.5. The van der Waals surface area contributed by atoms with Gasteiger partial charge in [-0.05, 0) is 74.6 Å². The molecule has 0 radical (unpaired) electrons. The summed E-state index contributed by atoms with van der Waals surface area (Å²) in [6.07, 6.45) is 4.82. The van der Waals surface area contributed by atoms with Crippen LogP contribution in [0.2, 0.25) is 0 Å². The van der Waals surface area contributed by atoms with Gasteiger partial charge in [0.05, 0.1) is 13.2 Å². The number of amides is 1. The van der Waals surface area contributed by atoms with Crippen molar-refractivity contribution in [1.82, 2.24) is 0 Å². The van der Waals surface area contributed by atoms with Crippen molar-refractivity contribution in [3.05, 3.63) is 47.5 Å². The van der Waals surface area contributed by atoms with Gasteiger partial charge in [0.15, 0.2) is 11.5 Å². The number of hydrogen-bond acceptors (Lipinski definition) is 4. The Balaban J connectivity index is 1.73. The third kappa shape index (κ3) is 4.54. The van der Waals surface area contributed by atoms with Crippen molar-refractivity contribution < 1.29 is 14.3 Å². The van der Waals surface area contributed by atoms with Crippen molar-refractivity contribution in [2.75, 3.05) is 31.4 Å². The SMILES string of the molecule is COc1cc(C(=O)Nc2ccc(N(C)C)c(C)c2)ccc1OC1CCCC1. The normalized spacial score (nSPS) is 14.1. The highest BCUT2D eigenvalue weighted by Gasteiger charge is 2.19. The molecule has 0 aliphatic heterocycles. The Morgan fingerprint density at radius 3 is 2.44 bits per heavy atom. The molecular weight excluding hydrogens is 340 g/mol. The van der Waals surface area contributed by atoms with E-state index in [1.807, 2.05) is 45.3 Å². The number of rotatable bonds is 6. The van der Waals surface area contributed by atoms with Gasteiger partial charge in [-0.2, -0.15) is 0 Å². The Morgan fingerprint density at radius 1 is 1.07 bits per heavy atom. The van der Waals surface area contributed by atoms with Crippen molar-refractivity contribution in [1.29, 1.82) is 0 Å². The van der Waals surface area contributed by atoms with Gasteiger partial charge in [0.1, 0.15) is 0 Å². The van der Waals surface area contributed by atoms with Crippen molar-refractivity contribution in [2.24, 2.45) is 0 Å². The summed E-state index contributed by atoms with van der Waals surface area (Å²) >= 11 is 0. The van der Waals surface area contributed by atoms with E-state index in [1.54, 1.807) is 19.2 Å². The first kappa shape index (κ1) is 19.1. The maximum atomic E-state index is 12.7. The molecule has 144 valence electrons. The second-order valence-electron chi connectivity index (χ2n) is 7.24. The fraction of sp³-hybridized carbons (Fsp3) is 0.409. The van der Waals surface area contributed by atoms with Crippen LogP contribution in [0.1, 0.15) is 41.6 Å². The molecule has 0 heterocycles. The molecule has 1 N–H and O–H groups in total. The Hall–Kier alpha value is -2.69. The molecule has 5 nitrogen and oxygen atoms in total. The van der Waals surface area contributed by atoms with E-state index in [0.29, 0.717) is 17.1 Å². The van der Waals surface area contributed by atoms with Crippen LogP contribution in [-0.4, -0.2) is 33.2 Å². The summed E-state index contributed by atoms with van der Waals surface area (Å²) in [6, 6.07) is 11.2. The minimum Gasteiger partial charge on any atom is -0.493 e. The van der Waals surface area contributed by atoms with Crippen LogP contribution in [0.25, 0.3) is 0 Å². The molecule has 2 aromatic rings. The Bertz CT molecular complexity index is 811. The van der Waals surface area contributed by atoms with Crippen LogP contribution in [0.4, 0.5) is 11.4 Å². The van der Waals surface area contributed by atoms with Gasteiger partial charge in [-0.1, -0.05) is 0 Å². The smallest absolute Gasteiger partial charge is 0.255 e. The highest BCUT2D eigenvalue weighted by Crippen LogP contribution is 2.32. The maximum Gasteiger partial charge on any atom is 0.255 e. The van der Waals surface area contributed by atoms with Crippen LogP contribution in [0.5, 0.6) is 11.5 Å². The molecule has 0 atom stereocenters. The van der Waals surface area contributed by atoms with E-state index in [4.69, 9.17) is 9.47 Å². The molecule has 2 aromatic carbocycles. The van der Waals surface area contributed by atoms with Crippen LogP contribution in [-0.2, 0) is 0 Å². The Kier molecular flexibility index (Phi) is 5.89. The average Bonchev–Trinajstić information content (AvgIpc) is 3.14. The number of anilines is 2. The van der Waals surface area contributed by atoms with E-state index in [9.17, 15) is 4.79 Å². The summed E-state index contributed by atoms with van der Waals surface area (Å²) in [7, 11) is 5.60. The standard InChI is InChI=1S/C22H28N2O3/c1-15-13-17(10-11-19(15)24(2)3)23-22(25)16-9-12-20(21(14-16)26-4)27-18-7-5-6-8-18/h9-14,18H,5-8H2,1-4H3,(H,23,25).